The second-order valence-corrected chi connectivity index (χ2v) is 7.07. The summed E-state index contributed by atoms with van der Waals surface area (Å²) in [5, 5.41) is 0. The van der Waals surface area contributed by atoms with Crippen molar-refractivity contribution >= 4 is 17.9 Å². The Bertz CT molecular complexity index is 579. The number of cyclic esters (lactones) is 1. The highest BCUT2D eigenvalue weighted by Crippen LogP contribution is 2.39. The van der Waals surface area contributed by atoms with Crippen LogP contribution in [0.4, 0.5) is 0 Å². The van der Waals surface area contributed by atoms with Crippen LogP contribution < -0.4 is 0 Å². The fourth-order valence-electron chi connectivity index (χ4n) is 3.71. The van der Waals surface area contributed by atoms with Crippen LogP contribution in [0.1, 0.15) is 52.9 Å². The molecule has 1 heterocycles. The standard InChI is InChI=1S/C20H28O6/c1-13-7-5-4-6-8-16-11-17(25-14(2)21)12-18(16)19(26-15(3)22)9-10-20(23)24-13/h6,8-10,13,16-19H,4-5,7,11-12H2,1-3H3/b8-6-,10-9+/t13-,16+,17-,18+,19+/m0/s1. The second-order valence-electron chi connectivity index (χ2n) is 7.07. The molecule has 6 heteroatoms. The summed E-state index contributed by atoms with van der Waals surface area (Å²) >= 11 is 0. The molecule has 0 N–H and O–H groups in total. The highest BCUT2D eigenvalue weighted by Gasteiger charge is 2.40. The van der Waals surface area contributed by atoms with E-state index < -0.39 is 18.0 Å². The lowest BCUT2D eigenvalue weighted by molar-refractivity contribution is -0.149. The van der Waals surface area contributed by atoms with E-state index in [1.165, 1.54) is 19.9 Å². The molecule has 0 spiro atoms. The van der Waals surface area contributed by atoms with Crippen molar-refractivity contribution in [3.8, 4) is 0 Å². The van der Waals surface area contributed by atoms with Crippen LogP contribution in [0, 0.1) is 11.8 Å². The minimum atomic E-state index is -0.564. The summed E-state index contributed by atoms with van der Waals surface area (Å²) in [5.41, 5.74) is 0. The van der Waals surface area contributed by atoms with Crippen LogP contribution in [0.15, 0.2) is 24.3 Å². The number of rotatable bonds is 2. The first-order chi connectivity index (χ1) is 12.3. The molecule has 1 aliphatic heterocycles. The molecule has 0 bridgehead atoms. The Labute approximate surface area is 154 Å². The second kappa shape index (κ2) is 9.55. The van der Waals surface area contributed by atoms with Gasteiger partial charge in [-0.3, -0.25) is 9.59 Å². The van der Waals surface area contributed by atoms with E-state index >= 15 is 0 Å². The molecule has 0 aromatic rings. The number of ether oxygens (including phenoxy) is 3. The van der Waals surface area contributed by atoms with Crippen LogP contribution in [0.3, 0.4) is 0 Å². The summed E-state index contributed by atoms with van der Waals surface area (Å²) in [5.74, 6) is -1.11. The molecule has 2 aliphatic rings. The van der Waals surface area contributed by atoms with E-state index in [1.807, 2.05) is 6.92 Å². The first kappa shape index (κ1) is 20.2. The SMILES string of the molecule is CC(=O)O[C@@H]1C[C@@H]2[C@H](/C=C\CCC[C@H](C)OC(=O)/C=C/[C@H]2OC(C)=O)C1. The Morgan fingerprint density at radius 2 is 1.85 bits per heavy atom. The molecule has 1 saturated carbocycles. The Morgan fingerprint density at radius 1 is 1.12 bits per heavy atom. The van der Waals surface area contributed by atoms with Gasteiger partial charge in [0.15, 0.2) is 0 Å². The topological polar surface area (TPSA) is 78.9 Å². The molecule has 0 saturated heterocycles. The van der Waals surface area contributed by atoms with Crippen molar-refractivity contribution in [3.05, 3.63) is 24.3 Å². The van der Waals surface area contributed by atoms with Crippen LogP contribution in [0.5, 0.6) is 0 Å². The van der Waals surface area contributed by atoms with Gasteiger partial charge in [-0.2, -0.15) is 0 Å². The van der Waals surface area contributed by atoms with Crippen molar-refractivity contribution in [3.63, 3.8) is 0 Å². The van der Waals surface area contributed by atoms with Crippen molar-refractivity contribution in [2.45, 2.75) is 71.2 Å². The lowest BCUT2D eigenvalue weighted by Crippen LogP contribution is -2.27. The van der Waals surface area contributed by atoms with E-state index in [4.69, 9.17) is 14.2 Å². The maximum Gasteiger partial charge on any atom is 0.330 e. The molecular formula is C20H28O6. The number of carbonyl (C=O) groups is 3. The van der Waals surface area contributed by atoms with Gasteiger partial charge in [-0.05, 0) is 51.0 Å². The lowest BCUT2D eigenvalue weighted by Gasteiger charge is -2.24. The third kappa shape index (κ3) is 6.32. The fraction of sp³-hybridized carbons (Fsp3) is 0.650. The Hall–Kier alpha value is -2.11. The first-order valence-corrected chi connectivity index (χ1v) is 9.25. The number of hydrogen-bond donors (Lipinski definition) is 0. The lowest BCUT2D eigenvalue weighted by atomic mass is 9.89. The average Bonchev–Trinajstić information content (AvgIpc) is 2.91. The summed E-state index contributed by atoms with van der Waals surface area (Å²) in [6, 6.07) is 0. The van der Waals surface area contributed by atoms with Crippen molar-refractivity contribution < 1.29 is 28.6 Å². The predicted octanol–water partition coefficient (Wildman–Crippen LogP) is 3.10. The highest BCUT2D eigenvalue weighted by molar-refractivity contribution is 5.82. The molecule has 0 amide bonds. The van der Waals surface area contributed by atoms with E-state index in [-0.39, 0.29) is 30.0 Å². The van der Waals surface area contributed by atoms with Crippen LogP contribution in [-0.4, -0.2) is 36.2 Å². The van der Waals surface area contributed by atoms with Gasteiger partial charge in [-0.25, -0.2) is 4.79 Å². The van der Waals surface area contributed by atoms with Gasteiger partial charge < -0.3 is 14.2 Å². The van der Waals surface area contributed by atoms with Gasteiger partial charge in [-0.1, -0.05) is 12.2 Å². The fourth-order valence-corrected chi connectivity index (χ4v) is 3.71. The van der Waals surface area contributed by atoms with Gasteiger partial charge in [-0.15, -0.1) is 0 Å². The largest absolute Gasteiger partial charge is 0.463 e. The Kier molecular flexibility index (Phi) is 7.42. The zero-order chi connectivity index (χ0) is 19.1. The molecule has 5 atom stereocenters. The minimum Gasteiger partial charge on any atom is -0.463 e. The average molecular weight is 364 g/mol. The van der Waals surface area contributed by atoms with Gasteiger partial charge in [0.2, 0.25) is 0 Å². The van der Waals surface area contributed by atoms with Gasteiger partial charge in [0.05, 0.1) is 6.10 Å². The molecule has 144 valence electrons. The van der Waals surface area contributed by atoms with Gasteiger partial charge in [0.25, 0.3) is 0 Å². The molecule has 26 heavy (non-hydrogen) atoms. The highest BCUT2D eigenvalue weighted by atomic mass is 16.6. The van der Waals surface area contributed by atoms with Crippen molar-refractivity contribution in [1.29, 1.82) is 0 Å². The number of carbonyl (C=O) groups excluding carboxylic acids is 3. The minimum absolute atomic E-state index is 0.0540. The zero-order valence-electron chi connectivity index (χ0n) is 15.7. The molecule has 0 unspecified atom stereocenters. The van der Waals surface area contributed by atoms with Crippen LogP contribution in [-0.2, 0) is 28.6 Å². The number of hydrogen-bond acceptors (Lipinski definition) is 6. The van der Waals surface area contributed by atoms with E-state index in [1.54, 1.807) is 6.08 Å². The summed E-state index contributed by atoms with van der Waals surface area (Å²) in [6.07, 6.45) is 10.1. The molecule has 0 radical (unpaired) electrons. The smallest absolute Gasteiger partial charge is 0.330 e. The van der Waals surface area contributed by atoms with Crippen LogP contribution in [0.25, 0.3) is 0 Å². The molecule has 2 rings (SSSR count). The predicted molar refractivity (Wildman–Crippen MR) is 95.0 cm³/mol. The Morgan fingerprint density at radius 3 is 2.54 bits per heavy atom. The summed E-state index contributed by atoms with van der Waals surface area (Å²) in [4.78, 5) is 34.9. The maximum atomic E-state index is 12.0. The third-order valence-electron chi connectivity index (χ3n) is 4.78. The molecule has 6 nitrogen and oxygen atoms in total. The maximum absolute atomic E-state index is 12.0. The molecule has 1 aliphatic carbocycles. The number of fused-ring (bicyclic) bond motifs is 1. The number of allylic oxidation sites excluding steroid dienone is 2. The van der Waals surface area contributed by atoms with Crippen LogP contribution >= 0.6 is 0 Å². The summed E-state index contributed by atoms with van der Waals surface area (Å²) in [7, 11) is 0. The molecule has 0 aromatic carbocycles. The van der Waals surface area contributed by atoms with Crippen molar-refractivity contribution in [1.82, 2.24) is 0 Å². The summed E-state index contributed by atoms with van der Waals surface area (Å²) in [6.45, 7) is 4.61. The van der Waals surface area contributed by atoms with Gasteiger partial charge >= 0.3 is 17.9 Å². The summed E-state index contributed by atoms with van der Waals surface area (Å²) < 4.78 is 16.2. The molecule has 0 aromatic heterocycles. The van der Waals surface area contributed by atoms with E-state index in [0.717, 1.165) is 19.3 Å². The quantitative estimate of drug-likeness (QED) is 0.426. The number of esters is 3. The monoisotopic (exact) mass is 364 g/mol. The van der Waals surface area contributed by atoms with Crippen molar-refractivity contribution in [2.24, 2.45) is 11.8 Å². The molecule has 1 fully saturated rings. The molecular weight excluding hydrogens is 336 g/mol. The van der Waals surface area contributed by atoms with Gasteiger partial charge in [0.1, 0.15) is 12.2 Å². The first-order valence-electron chi connectivity index (χ1n) is 9.25. The van der Waals surface area contributed by atoms with E-state index in [0.29, 0.717) is 12.8 Å². The normalized spacial score (nSPS) is 34.9. The van der Waals surface area contributed by atoms with Crippen molar-refractivity contribution in [2.75, 3.05) is 0 Å². The third-order valence-corrected chi connectivity index (χ3v) is 4.78. The van der Waals surface area contributed by atoms with E-state index in [2.05, 4.69) is 12.2 Å². The van der Waals surface area contributed by atoms with Gasteiger partial charge in [0, 0.05) is 25.8 Å². The van der Waals surface area contributed by atoms with Crippen LogP contribution in [0.2, 0.25) is 0 Å². The van der Waals surface area contributed by atoms with E-state index in [9.17, 15) is 14.4 Å². The zero-order valence-corrected chi connectivity index (χ0v) is 15.7. The Balaban J connectivity index is 2.24.